The second kappa shape index (κ2) is 8.73. The molecule has 3 N–H and O–H groups in total. The molecule has 27 heavy (non-hydrogen) atoms. The van der Waals surface area contributed by atoms with E-state index in [-0.39, 0.29) is 18.8 Å². The molecular weight excluding hydrogens is 370 g/mol. The van der Waals surface area contributed by atoms with Crippen molar-refractivity contribution < 1.29 is 19.1 Å². The fourth-order valence-electron chi connectivity index (χ4n) is 2.76. The van der Waals surface area contributed by atoms with Gasteiger partial charge >= 0.3 is 12.0 Å². The molecule has 0 radical (unpaired) electrons. The van der Waals surface area contributed by atoms with Crippen molar-refractivity contribution in [3.63, 3.8) is 0 Å². The third-order valence-corrected chi connectivity index (χ3v) is 4.75. The molecule has 0 aliphatic carbocycles. The van der Waals surface area contributed by atoms with E-state index >= 15 is 0 Å². The van der Waals surface area contributed by atoms with Crippen LogP contribution in [0.1, 0.15) is 39.8 Å². The number of halogens is 1. The highest BCUT2D eigenvalue weighted by Gasteiger charge is 2.22. The summed E-state index contributed by atoms with van der Waals surface area (Å²) in [4.78, 5) is 35.8. The highest BCUT2D eigenvalue weighted by atomic mass is 35.5. The number of hydrogen-bond donors (Lipinski definition) is 2. The molecule has 0 saturated carbocycles. The maximum atomic E-state index is 12.3. The zero-order valence-electron chi connectivity index (χ0n) is 15.4. The maximum Gasteiger partial charge on any atom is 0.312 e. The molecule has 1 aromatic carbocycles. The second-order valence-electron chi connectivity index (χ2n) is 6.21. The van der Waals surface area contributed by atoms with Gasteiger partial charge in [0.1, 0.15) is 0 Å². The van der Waals surface area contributed by atoms with Crippen LogP contribution in [0.2, 0.25) is 5.02 Å². The van der Waals surface area contributed by atoms with Gasteiger partial charge in [-0.2, -0.15) is 0 Å². The van der Waals surface area contributed by atoms with Gasteiger partial charge in [-0.25, -0.2) is 4.79 Å². The van der Waals surface area contributed by atoms with Gasteiger partial charge in [0.25, 0.3) is 0 Å². The second-order valence-corrected chi connectivity index (χ2v) is 6.62. The number of hydrogen-bond acceptors (Lipinski definition) is 4. The fraction of sp³-hybridized carbons (Fsp3) is 0.316. The van der Waals surface area contributed by atoms with Gasteiger partial charge in [-0.05, 0) is 31.5 Å². The van der Waals surface area contributed by atoms with E-state index in [1.807, 2.05) is 25.5 Å². The zero-order chi connectivity index (χ0) is 20.1. The molecule has 0 aliphatic rings. The van der Waals surface area contributed by atoms with Crippen LogP contribution in [0.15, 0.2) is 30.3 Å². The summed E-state index contributed by atoms with van der Waals surface area (Å²) in [7, 11) is 1.86. The van der Waals surface area contributed by atoms with E-state index in [4.69, 9.17) is 22.1 Å². The van der Waals surface area contributed by atoms with Gasteiger partial charge in [0.15, 0.2) is 6.61 Å². The summed E-state index contributed by atoms with van der Waals surface area (Å²) in [5.41, 5.74) is 7.98. The van der Waals surface area contributed by atoms with Crippen LogP contribution < -0.4 is 11.1 Å². The molecule has 2 amide bonds. The molecule has 0 saturated heterocycles. The lowest BCUT2D eigenvalue weighted by molar-refractivity contribution is -0.143. The van der Waals surface area contributed by atoms with Crippen molar-refractivity contribution in [3.8, 4) is 0 Å². The summed E-state index contributed by atoms with van der Waals surface area (Å²) < 4.78 is 6.99. The molecule has 2 rings (SSSR count). The summed E-state index contributed by atoms with van der Waals surface area (Å²) in [5, 5.41) is 2.86. The number of ketones is 1. The normalized spacial score (nSPS) is 11.7. The van der Waals surface area contributed by atoms with Crippen LogP contribution in [0, 0.1) is 13.8 Å². The number of amides is 2. The number of Topliss-reactive ketones (excluding diaryl/α,β-unsaturated/α-hetero) is 1. The first-order valence-corrected chi connectivity index (χ1v) is 8.70. The molecule has 144 valence electrons. The van der Waals surface area contributed by atoms with E-state index < -0.39 is 18.0 Å². The van der Waals surface area contributed by atoms with Gasteiger partial charge < -0.3 is 20.4 Å². The molecule has 0 unspecified atom stereocenters. The minimum absolute atomic E-state index is 0.202. The van der Waals surface area contributed by atoms with Crippen molar-refractivity contribution in [1.82, 2.24) is 9.88 Å². The number of carbonyl (C=O) groups excluding carboxylic acids is 3. The Morgan fingerprint density at radius 1 is 1.26 bits per heavy atom. The maximum absolute atomic E-state index is 12.3. The third-order valence-electron chi connectivity index (χ3n) is 4.41. The Bertz CT molecular complexity index is 876. The number of urea groups is 1. The number of benzene rings is 1. The van der Waals surface area contributed by atoms with E-state index in [0.717, 1.165) is 11.4 Å². The van der Waals surface area contributed by atoms with Gasteiger partial charge in [-0.15, -0.1) is 0 Å². The van der Waals surface area contributed by atoms with Crippen molar-refractivity contribution in [2.24, 2.45) is 12.8 Å². The number of primary amides is 1. The Hall–Kier alpha value is -2.80. The van der Waals surface area contributed by atoms with Crippen LogP contribution >= 0.6 is 11.6 Å². The van der Waals surface area contributed by atoms with Crippen molar-refractivity contribution >= 4 is 29.4 Å². The number of nitrogens with zero attached hydrogens (tertiary/aromatic N) is 1. The fourth-order valence-corrected chi connectivity index (χ4v) is 3.02. The summed E-state index contributed by atoms with van der Waals surface area (Å²) in [6.45, 7) is 3.33. The molecule has 7 nitrogen and oxygen atoms in total. The molecule has 0 fully saturated rings. The molecule has 0 aliphatic heterocycles. The average molecular weight is 392 g/mol. The lowest BCUT2D eigenvalue weighted by Crippen LogP contribution is -2.35. The lowest BCUT2D eigenvalue weighted by atomic mass is 10.0. The monoisotopic (exact) mass is 391 g/mol. The summed E-state index contributed by atoms with van der Waals surface area (Å²) in [6, 6.07) is 6.99. The third kappa shape index (κ3) is 5.10. The number of aryl methyl sites for hydroxylation is 1. The summed E-state index contributed by atoms with van der Waals surface area (Å²) >= 11 is 6.13. The minimum atomic E-state index is -0.792. The van der Waals surface area contributed by atoms with Crippen LogP contribution in [0.3, 0.4) is 0 Å². The first kappa shape index (κ1) is 20.5. The average Bonchev–Trinajstić information content (AvgIpc) is 2.86. The zero-order valence-corrected chi connectivity index (χ0v) is 16.2. The quantitative estimate of drug-likeness (QED) is 0.559. The summed E-state index contributed by atoms with van der Waals surface area (Å²) in [6.07, 6.45) is -0.202. The number of aromatic nitrogens is 1. The molecule has 8 heteroatoms. The number of ether oxygens (including phenoxy) is 1. The molecule has 1 atom stereocenters. The number of carbonyl (C=O) groups is 3. The van der Waals surface area contributed by atoms with E-state index in [1.54, 1.807) is 30.3 Å². The van der Waals surface area contributed by atoms with Gasteiger partial charge in [0.05, 0.1) is 12.5 Å². The Balaban J connectivity index is 2.03. The first-order chi connectivity index (χ1) is 12.7. The van der Waals surface area contributed by atoms with Gasteiger partial charge in [-0.1, -0.05) is 29.8 Å². The number of esters is 1. The first-order valence-electron chi connectivity index (χ1n) is 8.32. The Labute approximate surface area is 162 Å². The number of rotatable bonds is 7. The van der Waals surface area contributed by atoms with E-state index in [9.17, 15) is 14.4 Å². The molecular formula is C19H22ClN3O4. The highest BCUT2D eigenvalue weighted by Crippen LogP contribution is 2.25. The predicted octanol–water partition coefficient (Wildman–Crippen LogP) is 2.82. The van der Waals surface area contributed by atoms with Crippen LogP contribution in [0.4, 0.5) is 4.79 Å². The lowest BCUT2D eigenvalue weighted by Gasteiger charge is -2.18. The highest BCUT2D eigenvalue weighted by molar-refractivity contribution is 6.31. The van der Waals surface area contributed by atoms with Crippen molar-refractivity contribution in [3.05, 3.63) is 57.9 Å². The van der Waals surface area contributed by atoms with E-state index in [1.165, 1.54) is 0 Å². The van der Waals surface area contributed by atoms with Crippen LogP contribution in [0.5, 0.6) is 0 Å². The topological polar surface area (TPSA) is 103 Å². The molecule has 1 aromatic heterocycles. The Morgan fingerprint density at radius 3 is 2.48 bits per heavy atom. The van der Waals surface area contributed by atoms with E-state index in [0.29, 0.717) is 16.1 Å². The van der Waals surface area contributed by atoms with Gasteiger partial charge in [0, 0.05) is 29.0 Å². The molecule has 2 aromatic rings. The van der Waals surface area contributed by atoms with Gasteiger partial charge in [0.2, 0.25) is 5.78 Å². The van der Waals surface area contributed by atoms with Crippen LogP contribution in [-0.2, 0) is 16.6 Å². The largest absolute Gasteiger partial charge is 0.457 e. The van der Waals surface area contributed by atoms with Gasteiger partial charge in [-0.3, -0.25) is 9.59 Å². The standard InChI is InChI=1S/C19H22ClN3O4/c1-11-8-14(12(2)23(11)3)17(24)10-27-18(25)9-16(22-19(21)26)13-6-4-5-7-15(13)20/h4-8,16H,9-10H2,1-3H3,(H3,21,22,26)/t16-/m0/s1. The van der Waals surface area contributed by atoms with Crippen LogP contribution in [-0.4, -0.2) is 29.0 Å². The molecule has 0 spiro atoms. The predicted molar refractivity (Wildman–Crippen MR) is 102 cm³/mol. The minimum Gasteiger partial charge on any atom is -0.457 e. The number of nitrogens with one attached hydrogen (secondary N) is 1. The van der Waals surface area contributed by atoms with Crippen molar-refractivity contribution in [2.45, 2.75) is 26.3 Å². The van der Waals surface area contributed by atoms with E-state index in [2.05, 4.69) is 5.32 Å². The summed E-state index contributed by atoms with van der Waals surface area (Å²) in [5.74, 6) is -0.936. The Morgan fingerprint density at radius 2 is 1.93 bits per heavy atom. The van der Waals surface area contributed by atoms with Crippen molar-refractivity contribution in [1.29, 1.82) is 0 Å². The van der Waals surface area contributed by atoms with Crippen LogP contribution in [0.25, 0.3) is 0 Å². The number of nitrogens with two attached hydrogens (primary N) is 1. The van der Waals surface area contributed by atoms with Crippen molar-refractivity contribution in [2.75, 3.05) is 6.61 Å². The molecule has 1 heterocycles. The molecule has 0 bridgehead atoms. The SMILES string of the molecule is Cc1cc(C(=O)COC(=O)C[C@H](NC(N)=O)c2ccccc2Cl)c(C)n1C. The smallest absolute Gasteiger partial charge is 0.312 e. The Kier molecular flexibility index (Phi) is 6.63.